The van der Waals surface area contributed by atoms with Gasteiger partial charge in [0.2, 0.25) is 0 Å². The number of carbonyl (C=O) groups excluding carboxylic acids is 1. The maximum atomic E-state index is 14.6. The van der Waals surface area contributed by atoms with Crippen LogP contribution in [-0.4, -0.2) is 22.4 Å². The fourth-order valence-corrected chi connectivity index (χ4v) is 3.29. The quantitative estimate of drug-likeness (QED) is 0.364. The van der Waals surface area contributed by atoms with Crippen molar-refractivity contribution in [2.75, 3.05) is 6.54 Å². The first kappa shape index (κ1) is 22.9. The summed E-state index contributed by atoms with van der Waals surface area (Å²) in [4.78, 5) is 19.7. The second-order valence-corrected chi connectivity index (χ2v) is 7.09. The molecule has 1 aromatic carbocycles. The van der Waals surface area contributed by atoms with Crippen LogP contribution in [0.4, 0.5) is 22.0 Å². The van der Waals surface area contributed by atoms with E-state index in [4.69, 9.17) is 23.2 Å². The lowest BCUT2D eigenvalue weighted by Crippen LogP contribution is -2.36. The molecule has 1 amide bonds. The van der Waals surface area contributed by atoms with E-state index in [2.05, 4.69) is 9.97 Å². The molecule has 3 rings (SSSR count). The first-order valence-electron chi connectivity index (χ1n) is 8.60. The lowest BCUT2D eigenvalue weighted by molar-refractivity contribution is -0.137. The molecule has 0 unspecified atom stereocenters. The number of benzene rings is 1. The molecule has 31 heavy (non-hydrogen) atoms. The highest BCUT2D eigenvalue weighted by molar-refractivity contribution is 6.33. The number of nitrogens with one attached hydrogen (secondary N) is 1. The maximum absolute atomic E-state index is 14.6. The van der Waals surface area contributed by atoms with Crippen LogP contribution in [0.1, 0.15) is 21.6 Å². The van der Waals surface area contributed by atoms with Crippen LogP contribution in [0.3, 0.4) is 0 Å². The summed E-state index contributed by atoms with van der Waals surface area (Å²) in [7, 11) is 0. The molecule has 3 aromatic rings. The molecular formula is C20H12Cl2F5N3O. The van der Waals surface area contributed by atoms with Gasteiger partial charge in [-0.2, -0.15) is 22.0 Å². The molecule has 4 nitrogen and oxygen atoms in total. The first-order chi connectivity index (χ1) is 14.5. The molecule has 2 heterocycles. The zero-order chi connectivity index (χ0) is 22.8. The Morgan fingerprint density at radius 2 is 1.71 bits per heavy atom. The van der Waals surface area contributed by atoms with Gasteiger partial charge in [-0.1, -0.05) is 35.3 Å². The smallest absolute Gasteiger partial charge is 0.346 e. The van der Waals surface area contributed by atoms with Crippen molar-refractivity contribution in [2.24, 2.45) is 0 Å². The van der Waals surface area contributed by atoms with Crippen LogP contribution < -0.4 is 5.32 Å². The van der Waals surface area contributed by atoms with Gasteiger partial charge >= 0.3 is 12.1 Å². The molecule has 162 valence electrons. The standard InChI is InChI=1S/C20H12Cl2F5N3O/c21-15-8-11(12-5-3-7-28-17(12)22)9-29-16(15)19(23,24)10-30-18(31)13-4-1-2-6-14(13)20(25,26)27/h1-9H,10H2,(H,30,31). The van der Waals surface area contributed by atoms with E-state index in [-0.39, 0.29) is 5.15 Å². The SMILES string of the molecule is O=C(NCC(F)(F)c1ncc(-c2cccnc2Cl)cc1Cl)c1ccccc1C(F)(F)F. The number of nitrogens with zero attached hydrogens (tertiary/aromatic N) is 2. The second kappa shape index (κ2) is 8.76. The number of amides is 1. The van der Waals surface area contributed by atoms with E-state index in [9.17, 15) is 26.7 Å². The summed E-state index contributed by atoms with van der Waals surface area (Å²) in [6, 6.07) is 8.27. The minimum atomic E-state index is -4.81. The summed E-state index contributed by atoms with van der Waals surface area (Å²) in [6.45, 7) is -1.31. The molecule has 0 radical (unpaired) electrons. The third kappa shape index (κ3) is 5.11. The number of alkyl halides is 5. The molecule has 0 saturated carbocycles. The number of aromatic nitrogens is 2. The summed E-state index contributed by atoms with van der Waals surface area (Å²) < 4.78 is 68.3. The molecule has 2 aromatic heterocycles. The molecule has 0 atom stereocenters. The Morgan fingerprint density at radius 3 is 2.35 bits per heavy atom. The van der Waals surface area contributed by atoms with Crippen molar-refractivity contribution in [3.63, 3.8) is 0 Å². The molecular weight excluding hydrogens is 464 g/mol. The second-order valence-electron chi connectivity index (χ2n) is 6.33. The van der Waals surface area contributed by atoms with Gasteiger partial charge in [-0.05, 0) is 30.3 Å². The van der Waals surface area contributed by atoms with Crippen LogP contribution in [-0.2, 0) is 12.1 Å². The molecule has 0 saturated heterocycles. The van der Waals surface area contributed by atoms with Crippen LogP contribution in [0.25, 0.3) is 11.1 Å². The number of hydrogen-bond acceptors (Lipinski definition) is 3. The molecule has 0 aliphatic rings. The summed E-state index contributed by atoms with van der Waals surface area (Å²) in [6.07, 6.45) is -2.26. The van der Waals surface area contributed by atoms with Crippen molar-refractivity contribution < 1.29 is 26.7 Å². The molecule has 0 aliphatic carbocycles. The van der Waals surface area contributed by atoms with Gasteiger partial charge in [-0.25, -0.2) is 4.98 Å². The average molecular weight is 476 g/mol. The summed E-state index contributed by atoms with van der Waals surface area (Å²) in [5, 5.41) is 1.53. The molecule has 0 spiro atoms. The third-order valence-electron chi connectivity index (χ3n) is 4.21. The van der Waals surface area contributed by atoms with Crippen LogP contribution in [0.2, 0.25) is 10.2 Å². The van der Waals surface area contributed by atoms with Crippen molar-refractivity contribution in [1.82, 2.24) is 15.3 Å². The van der Waals surface area contributed by atoms with Gasteiger partial charge in [0.25, 0.3) is 5.91 Å². The number of hydrogen-bond donors (Lipinski definition) is 1. The number of halogens is 7. The van der Waals surface area contributed by atoms with Crippen molar-refractivity contribution >= 4 is 29.1 Å². The van der Waals surface area contributed by atoms with Crippen molar-refractivity contribution in [2.45, 2.75) is 12.1 Å². The number of pyridine rings is 2. The zero-order valence-electron chi connectivity index (χ0n) is 15.4. The molecule has 0 aliphatic heterocycles. The average Bonchev–Trinajstić information content (AvgIpc) is 2.71. The topological polar surface area (TPSA) is 54.9 Å². The lowest BCUT2D eigenvalue weighted by Gasteiger charge is -2.19. The van der Waals surface area contributed by atoms with Gasteiger partial charge in [-0.15, -0.1) is 0 Å². The van der Waals surface area contributed by atoms with Gasteiger partial charge in [0.15, 0.2) is 0 Å². The molecule has 11 heteroatoms. The van der Waals surface area contributed by atoms with E-state index in [0.717, 1.165) is 18.3 Å². The van der Waals surface area contributed by atoms with E-state index < -0.39 is 46.4 Å². The van der Waals surface area contributed by atoms with E-state index in [1.807, 2.05) is 5.32 Å². The van der Waals surface area contributed by atoms with Crippen LogP contribution in [0.5, 0.6) is 0 Å². The van der Waals surface area contributed by atoms with Gasteiger partial charge < -0.3 is 5.32 Å². The van der Waals surface area contributed by atoms with Crippen LogP contribution >= 0.6 is 23.2 Å². The summed E-state index contributed by atoms with van der Waals surface area (Å²) in [5.41, 5.74) is -2.09. The number of carbonyl (C=O) groups is 1. The van der Waals surface area contributed by atoms with E-state index in [0.29, 0.717) is 17.2 Å². The highest BCUT2D eigenvalue weighted by atomic mass is 35.5. The van der Waals surface area contributed by atoms with Crippen molar-refractivity contribution in [3.8, 4) is 11.1 Å². The molecule has 0 fully saturated rings. The zero-order valence-corrected chi connectivity index (χ0v) is 16.9. The Hall–Kier alpha value is -2.78. The van der Waals surface area contributed by atoms with Crippen molar-refractivity contribution in [1.29, 1.82) is 0 Å². The van der Waals surface area contributed by atoms with E-state index in [1.165, 1.54) is 18.3 Å². The Labute approximate surface area is 183 Å². The van der Waals surface area contributed by atoms with E-state index >= 15 is 0 Å². The fraction of sp³-hybridized carbons (Fsp3) is 0.150. The van der Waals surface area contributed by atoms with Gasteiger partial charge in [0, 0.05) is 23.5 Å². The van der Waals surface area contributed by atoms with Gasteiger partial charge in [-0.3, -0.25) is 9.78 Å². The monoisotopic (exact) mass is 475 g/mol. The number of rotatable bonds is 5. The minimum absolute atomic E-state index is 0.121. The predicted octanol–water partition coefficient (Wildman–Crippen LogP) is 5.99. The Morgan fingerprint density at radius 1 is 1.00 bits per heavy atom. The minimum Gasteiger partial charge on any atom is -0.346 e. The molecule has 0 bridgehead atoms. The fourth-order valence-electron chi connectivity index (χ4n) is 2.75. The van der Waals surface area contributed by atoms with Crippen molar-refractivity contribution in [3.05, 3.63) is 81.9 Å². The summed E-state index contributed by atoms with van der Waals surface area (Å²) in [5.74, 6) is -5.06. The highest BCUT2D eigenvalue weighted by Crippen LogP contribution is 2.35. The Kier molecular flexibility index (Phi) is 6.47. The van der Waals surface area contributed by atoms with Gasteiger partial charge in [0.1, 0.15) is 10.8 Å². The third-order valence-corrected chi connectivity index (χ3v) is 4.80. The predicted molar refractivity (Wildman–Crippen MR) is 105 cm³/mol. The maximum Gasteiger partial charge on any atom is 0.417 e. The Bertz CT molecular complexity index is 1120. The lowest BCUT2D eigenvalue weighted by atomic mass is 10.1. The molecule has 1 N–H and O–H groups in total. The van der Waals surface area contributed by atoms with Crippen LogP contribution in [0.15, 0.2) is 54.9 Å². The van der Waals surface area contributed by atoms with Crippen LogP contribution in [0, 0.1) is 0 Å². The summed E-state index contributed by atoms with van der Waals surface area (Å²) >= 11 is 11.9. The largest absolute Gasteiger partial charge is 0.417 e. The first-order valence-corrected chi connectivity index (χ1v) is 9.35. The normalized spacial score (nSPS) is 12.0. The highest BCUT2D eigenvalue weighted by Gasteiger charge is 2.38. The van der Waals surface area contributed by atoms with E-state index in [1.54, 1.807) is 12.1 Å². The van der Waals surface area contributed by atoms with Gasteiger partial charge in [0.05, 0.1) is 22.7 Å². The Balaban J connectivity index is 1.80.